The first kappa shape index (κ1) is 10.4. The molecule has 0 bridgehead atoms. The Balaban J connectivity index is 3.28. The van der Waals surface area contributed by atoms with Crippen LogP contribution in [0, 0.1) is 5.82 Å². The minimum absolute atomic E-state index is 0.335. The van der Waals surface area contributed by atoms with E-state index >= 15 is 0 Å². The van der Waals surface area contributed by atoms with Gasteiger partial charge in [0, 0.05) is 0 Å². The number of esters is 1. The molecule has 0 aromatic heterocycles. The van der Waals surface area contributed by atoms with E-state index in [-0.39, 0.29) is 0 Å². The van der Waals surface area contributed by atoms with Crippen LogP contribution >= 0.6 is 0 Å². The second kappa shape index (κ2) is 4.05. The van der Waals surface area contributed by atoms with Crippen molar-refractivity contribution in [1.82, 2.24) is 0 Å². The van der Waals surface area contributed by atoms with E-state index in [0.717, 1.165) is 0 Å². The summed E-state index contributed by atoms with van der Waals surface area (Å²) >= 11 is 0. The highest BCUT2D eigenvalue weighted by molar-refractivity contribution is 5.94. The smallest absolute Gasteiger partial charge is 0.338 e. The third kappa shape index (κ3) is 1.99. The van der Waals surface area contributed by atoms with Gasteiger partial charge in [0.1, 0.15) is 5.82 Å². The minimum atomic E-state index is -0.483. The van der Waals surface area contributed by atoms with Gasteiger partial charge in [-0.15, -0.1) is 0 Å². The van der Waals surface area contributed by atoms with Crippen LogP contribution in [-0.4, -0.2) is 13.1 Å². The lowest BCUT2D eigenvalue weighted by molar-refractivity contribution is 0.0600. The monoisotopic (exact) mass is 194 g/mol. The van der Waals surface area contributed by atoms with E-state index in [4.69, 9.17) is 0 Å². The normalized spacial score (nSPS) is 9.64. The molecule has 2 nitrogen and oxygen atoms in total. The first-order valence-electron chi connectivity index (χ1n) is 4.10. The quantitative estimate of drug-likeness (QED) is 0.676. The molecule has 1 aromatic carbocycles. The molecule has 0 saturated heterocycles. The van der Waals surface area contributed by atoms with Gasteiger partial charge < -0.3 is 4.74 Å². The molecule has 74 valence electrons. The summed E-state index contributed by atoms with van der Waals surface area (Å²) in [6.07, 6.45) is 0. The molecule has 0 fully saturated rings. The molecule has 0 N–H and O–H groups in total. The van der Waals surface area contributed by atoms with E-state index < -0.39 is 11.8 Å². The SMILES string of the molecule is C=C(C)c1cc(F)ccc1C(=O)OC. The minimum Gasteiger partial charge on any atom is -0.465 e. The fourth-order valence-electron chi connectivity index (χ4n) is 1.16. The van der Waals surface area contributed by atoms with Crippen LogP contribution in [0.15, 0.2) is 24.8 Å². The van der Waals surface area contributed by atoms with Gasteiger partial charge in [-0.2, -0.15) is 0 Å². The Morgan fingerprint density at radius 1 is 1.43 bits per heavy atom. The first-order chi connectivity index (χ1) is 6.56. The molecular formula is C11H11FO2. The molecule has 0 spiro atoms. The average molecular weight is 194 g/mol. The van der Waals surface area contributed by atoms with Gasteiger partial charge >= 0.3 is 5.97 Å². The van der Waals surface area contributed by atoms with Crippen molar-refractivity contribution in [2.75, 3.05) is 7.11 Å². The van der Waals surface area contributed by atoms with Crippen LogP contribution in [0.5, 0.6) is 0 Å². The maximum absolute atomic E-state index is 12.9. The molecule has 1 aromatic rings. The highest BCUT2D eigenvalue weighted by atomic mass is 19.1. The van der Waals surface area contributed by atoms with Gasteiger partial charge in [0.05, 0.1) is 12.7 Å². The standard InChI is InChI=1S/C11H11FO2/c1-7(2)10-6-8(12)4-5-9(10)11(13)14-3/h4-6H,1H2,2-3H3. The van der Waals surface area contributed by atoms with Crippen LogP contribution in [0.25, 0.3) is 5.57 Å². The van der Waals surface area contributed by atoms with Gasteiger partial charge in [-0.3, -0.25) is 0 Å². The fraction of sp³-hybridized carbons (Fsp3) is 0.182. The van der Waals surface area contributed by atoms with Crippen LogP contribution in [0.3, 0.4) is 0 Å². The molecule has 14 heavy (non-hydrogen) atoms. The number of ether oxygens (including phenoxy) is 1. The predicted molar refractivity (Wildman–Crippen MR) is 52.4 cm³/mol. The van der Waals surface area contributed by atoms with Gasteiger partial charge in [-0.25, -0.2) is 9.18 Å². The second-order valence-corrected chi connectivity index (χ2v) is 2.96. The third-order valence-electron chi connectivity index (χ3n) is 1.85. The molecule has 0 saturated carbocycles. The molecule has 0 unspecified atom stereocenters. The van der Waals surface area contributed by atoms with Crippen molar-refractivity contribution in [3.63, 3.8) is 0 Å². The van der Waals surface area contributed by atoms with Crippen molar-refractivity contribution in [2.45, 2.75) is 6.92 Å². The third-order valence-corrected chi connectivity index (χ3v) is 1.85. The van der Waals surface area contributed by atoms with Crippen molar-refractivity contribution in [2.24, 2.45) is 0 Å². The summed E-state index contributed by atoms with van der Waals surface area (Å²) < 4.78 is 17.4. The zero-order valence-corrected chi connectivity index (χ0v) is 8.13. The van der Waals surface area contributed by atoms with Crippen LogP contribution < -0.4 is 0 Å². The largest absolute Gasteiger partial charge is 0.465 e. The van der Waals surface area contributed by atoms with Crippen LogP contribution in [0.1, 0.15) is 22.8 Å². The molecule has 3 heteroatoms. The van der Waals surface area contributed by atoms with Crippen molar-refractivity contribution in [1.29, 1.82) is 0 Å². The Labute approximate surface area is 82.0 Å². The highest BCUT2D eigenvalue weighted by Crippen LogP contribution is 2.19. The van der Waals surface area contributed by atoms with Gasteiger partial charge in [0.15, 0.2) is 0 Å². The van der Waals surface area contributed by atoms with E-state index in [1.807, 2.05) is 0 Å². The lowest BCUT2D eigenvalue weighted by Crippen LogP contribution is -2.05. The van der Waals surface area contributed by atoms with Crippen molar-refractivity contribution in [3.05, 3.63) is 41.7 Å². The lowest BCUT2D eigenvalue weighted by atomic mass is 10.0. The Morgan fingerprint density at radius 2 is 2.07 bits per heavy atom. The molecule has 0 aliphatic rings. The second-order valence-electron chi connectivity index (χ2n) is 2.96. The summed E-state index contributed by atoms with van der Waals surface area (Å²) in [5.74, 6) is -0.876. The molecule has 0 radical (unpaired) electrons. The summed E-state index contributed by atoms with van der Waals surface area (Å²) in [4.78, 5) is 11.3. The van der Waals surface area contributed by atoms with Crippen molar-refractivity contribution >= 4 is 11.5 Å². The molecule has 1 rings (SSSR count). The first-order valence-corrected chi connectivity index (χ1v) is 4.10. The summed E-state index contributed by atoms with van der Waals surface area (Å²) in [5, 5.41) is 0. The summed E-state index contributed by atoms with van der Waals surface area (Å²) in [5.41, 5.74) is 1.45. The number of carbonyl (C=O) groups is 1. The van der Waals surface area contributed by atoms with Crippen LogP contribution in [-0.2, 0) is 4.74 Å². The number of hydrogen-bond donors (Lipinski definition) is 0. The maximum atomic E-state index is 12.9. The van der Waals surface area contributed by atoms with E-state index in [0.29, 0.717) is 16.7 Å². The van der Waals surface area contributed by atoms with Gasteiger partial charge in [0.25, 0.3) is 0 Å². The molecule has 0 amide bonds. The topological polar surface area (TPSA) is 26.3 Å². The van der Waals surface area contributed by atoms with Crippen molar-refractivity contribution < 1.29 is 13.9 Å². The molecular weight excluding hydrogens is 183 g/mol. The molecule has 0 atom stereocenters. The number of hydrogen-bond acceptors (Lipinski definition) is 2. The van der Waals surface area contributed by atoms with E-state index in [9.17, 15) is 9.18 Å². The number of allylic oxidation sites excluding steroid dienone is 1. The summed E-state index contributed by atoms with van der Waals surface area (Å²) in [6, 6.07) is 3.89. The van der Waals surface area contributed by atoms with E-state index in [1.165, 1.54) is 25.3 Å². The van der Waals surface area contributed by atoms with Crippen molar-refractivity contribution in [3.8, 4) is 0 Å². The number of carbonyl (C=O) groups excluding carboxylic acids is 1. The zero-order chi connectivity index (χ0) is 10.7. The van der Waals surface area contributed by atoms with Gasteiger partial charge in [0.2, 0.25) is 0 Å². The Bertz CT molecular complexity index is 383. The highest BCUT2D eigenvalue weighted by Gasteiger charge is 2.12. The Kier molecular flexibility index (Phi) is 3.02. The van der Waals surface area contributed by atoms with Gasteiger partial charge in [-0.1, -0.05) is 12.2 Å². The van der Waals surface area contributed by atoms with E-state index in [2.05, 4.69) is 11.3 Å². The summed E-state index contributed by atoms with van der Waals surface area (Å²) in [6.45, 7) is 5.38. The van der Waals surface area contributed by atoms with Crippen LogP contribution in [0.4, 0.5) is 4.39 Å². The van der Waals surface area contributed by atoms with Crippen LogP contribution in [0.2, 0.25) is 0 Å². The maximum Gasteiger partial charge on any atom is 0.338 e. The zero-order valence-electron chi connectivity index (χ0n) is 8.13. The summed E-state index contributed by atoms with van der Waals surface area (Å²) in [7, 11) is 1.29. The molecule has 0 heterocycles. The fourth-order valence-corrected chi connectivity index (χ4v) is 1.16. The number of benzene rings is 1. The Hall–Kier alpha value is -1.64. The number of halogens is 1. The molecule has 0 aliphatic heterocycles. The predicted octanol–water partition coefficient (Wildman–Crippen LogP) is 2.65. The average Bonchev–Trinajstić information content (AvgIpc) is 2.16. The lowest BCUT2D eigenvalue weighted by Gasteiger charge is -2.06. The van der Waals surface area contributed by atoms with E-state index in [1.54, 1.807) is 6.92 Å². The number of rotatable bonds is 2. The molecule has 0 aliphatic carbocycles. The Morgan fingerprint density at radius 3 is 2.57 bits per heavy atom. The number of methoxy groups -OCH3 is 1. The van der Waals surface area contributed by atoms with Gasteiger partial charge in [-0.05, 0) is 30.7 Å².